The Morgan fingerprint density at radius 3 is 2.64 bits per heavy atom. The number of hydrogen-bond acceptors (Lipinski definition) is 5. The van der Waals surface area contributed by atoms with Gasteiger partial charge < -0.3 is 4.18 Å². The van der Waals surface area contributed by atoms with Crippen molar-refractivity contribution in [3.63, 3.8) is 0 Å². The number of H-pyrrole nitrogens is 1. The molecule has 0 aliphatic carbocycles. The van der Waals surface area contributed by atoms with Crippen molar-refractivity contribution in [2.24, 2.45) is 0 Å². The van der Waals surface area contributed by atoms with Crippen LogP contribution >= 0.6 is 12.9 Å². The van der Waals surface area contributed by atoms with E-state index in [4.69, 9.17) is 0 Å². The molecule has 0 saturated heterocycles. The van der Waals surface area contributed by atoms with Crippen molar-refractivity contribution in [1.82, 2.24) is 15.2 Å². The van der Waals surface area contributed by atoms with Gasteiger partial charge in [-0.3, -0.25) is 9.89 Å². The SMILES string of the molecule is CCC(=O)OS.c1nc[nH]n1. The zero-order valence-electron chi connectivity index (χ0n) is 6.02. The molecule has 0 saturated carbocycles. The molecule has 1 aromatic heterocycles. The summed E-state index contributed by atoms with van der Waals surface area (Å²) in [4.78, 5) is 13.4. The number of aromatic amines is 1. The molecule has 0 bridgehead atoms. The summed E-state index contributed by atoms with van der Waals surface area (Å²) in [5, 5.41) is 5.99. The summed E-state index contributed by atoms with van der Waals surface area (Å²) < 4.78 is 3.95. The number of nitrogens with one attached hydrogen (secondary N) is 1. The van der Waals surface area contributed by atoms with Crippen molar-refractivity contribution >= 4 is 18.9 Å². The number of nitrogens with zero attached hydrogens (tertiary/aromatic N) is 2. The minimum absolute atomic E-state index is 0.293. The van der Waals surface area contributed by atoms with Crippen molar-refractivity contribution in [3.8, 4) is 0 Å². The van der Waals surface area contributed by atoms with Crippen molar-refractivity contribution in [3.05, 3.63) is 12.7 Å². The highest BCUT2D eigenvalue weighted by Crippen LogP contribution is 1.84. The standard InChI is InChI=1S/C3H6O2S.C2H3N3/c1-2-3(4)5-6;1-3-2-5-4-1/h6H,2H2,1H3;1-2H,(H,3,4,5). The summed E-state index contributed by atoms with van der Waals surface area (Å²) in [5.74, 6) is -0.293. The number of carbonyl (C=O) groups excluding carboxylic acids is 1. The van der Waals surface area contributed by atoms with E-state index in [2.05, 4.69) is 32.3 Å². The van der Waals surface area contributed by atoms with Crippen molar-refractivity contribution in [2.75, 3.05) is 0 Å². The summed E-state index contributed by atoms with van der Waals surface area (Å²) in [6.45, 7) is 1.71. The van der Waals surface area contributed by atoms with Gasteiger partial charge in [-0.2, -0.15) is 5.10 Å². The Bertz CT molecular complexity index is 155. The maximum absolute atomic E-state index is 9.88. The molecule has 62 valence electrons. The molecule has 1 N–H and O–H groups in total. The summed E-state index contributed by atoms with van der Waals surface area (Å²) in [7, 11) is 0. The molecule has 5 nitrogen and oxygen atoms in total. The lowest BCUT2D eigenvalue weighted by molar-refractivity contribution is -0.132. The molecule has 1 heterocycles. The van der Waals surface area contributed by atoms with Crippen molar-refractivity contribution < 1.29 is 8.98 Å². The summed E-state index contributed by atoms with van der Waals surface area (Å²) in [6, 6.07) is 0. The highest BCUT2D eigenvalue weighted by Gasteiger charge is 1.89. The van der Waals surface area contributed by atoms with Crippen LogP contribution in [0.15, 0.2) is 12.7 Å². The molecule has 1 aromatic rings. The predicted molar refractivity (Wildman–Crippen MR) is 41.8 cm³/mol. The Morgan fingerprint density at radius 1 is 1.82 bits per heavy atom. The van der Waals surface area contributed by atoms with Crippen LogP contribution in [0.2, 0.25) is 0 Å². The molecule has 11 heavy (non-hydrogen) atoms. The van der Waals surface area contributed by atoms with E-state index in [1.165, 1.54) is 12.7 Å². The van der Waals surface area contributed by atoms with Crippen LogP contribution < -0.4 is 0 Å². The molecule has 1 rings (SSSR count). The lowest BCUT2D eigenvalue weighted by Gasteiger charge is -1.84. The molecule has 6 heteroatoms. The molecular formula is C5H9N3O2S. The van der Waals surface area contributed by atoms with Gasteiger partial charge in [-0.15, -0.1) is 0 Å². The molecule has 0 radical (unpaired) electrons. The highest BCUT2D eigenvalue weighted by atomic mass is 32.1. The van der Waals surface area contributed by atoms with E-state index in [1.807, 2.05) is 0 Å². The molecule has 0 spiro atoms. The second kappa shape index (κ2) is 7.07. The van der Waals surface area contributed by atoms with Gasteiger partial charge in [-0.1, -0.05) is 6.92 Å². The summed E-state index contributed by atoms with van der Waals surface area (Å²) >= 11 is 3.25. The van der Waals surface area contributed by atoms with Crippen LogP contribution in [-0.4, -0.2) is 21.2 Å². The Hall–Kier alpha value is -1.04. The minimum atomic E-state index is -0.293. The van der Waals surface area contributed by atoms with Gasteiger partial charge in [0.25, 0.3) is 0 Å². The maximum Gasteiger partial charge on any atom is 0.317 e. The molecular weight excluding hydrogens is 166 g/mol. The average Bonchev–Trinajstić information content (AvgIpc) is 2.60. The average molecular weight is 175 g/mol. The topological polar surface area (TPSA) is 67.9 Å². The van der Waals surface area contributed by atoms with Crippen LogP contribution in [0.4, 0.5) is 0 Å². The van der Waals surface area contributed by atoms with E-state index < -0.39 is 0 Å². The van der Waals surface area contributed by atoms with E-state index in [-0.39, 0.29) is 5.97 Å². The first-order valence-electron chi connectivity index (χ1n) is 2.94. The fraction of sp³-hybridized carbons (Fsp3) is 0.400. The molecule has 0 fully saturated rings. The monoisotopic (exact) mass is 175 g/mol. The Morgan fingerprint density at radius 2 is 2.55 bits per heavy atom. The van der Waals surface area contributed by atoms with Crippen LogP contribution in [0.1, 0.15) is 13.3 Å². The third-order valence-corrected chi connectivity index (χ3v) is 0.925. The highest BCUT2D eigenvalue weighted by molar-refractivity contribution is 7.75. The fourth-order valence-corrected chi connectivity index (χ4v) is 0.360. The van der Waals surface area contributed by atoms with Crippen LogP contribution in [0, 0.1) is 0 Å². The lowest BCUT2D eigenvalue weighted by Crippen LogP contribution is -1.90. The van der Waals surface area contributed by atoms with E-state index in [1.54, 1.807) is 6.92 Å². The van der Waals surface area contributed by atoms with Gasteiger partial charge in [-0.05, 0) is 0 Å². The smallest absolute Gasteiger partial charge is 0.317 e. The summed E-state index contributed by atoms with van der Waals surface area (Å²) in [6.07, 6.45) is 3.35. The maximum atomic E-state index is 9.88. The molecule has 0 unspecified atom stereocenters. The number of aromatic nitrogens is 3. The first-order valence-corrected chi connectivity index (χ1v) is 3.30. The molecule has 0 amide bonds. The zero-order valence-corrected chi connectivity index (χ0v) is 6.91. The predicted octanol–water partition coefficient (Wildman–Crippen LogP) is 0.589. The normalized spacial score (nSPS) is 7.82. The molecule has 0 aliphatic rings. The Kier molecular flexibility index (Phi) is 6.40. The van der Waals surface area contributed by atoms with E-state index in [9.17, 15) is 4.79 Å². The van der Waals surface area contributed by atoms with Gasteiger partial charge in [0.05, 0.1) is 0 Å². The van der Waals surface area contributed by atoms with Crippen LogP contribution in [0.3, 0.4) is 0 Å². The number of carbonyl (C=O) groups is 1. The number of rotatable bonds is 1. The Labute approximate surface area is 69.8 Å². The number of thiol groups is 1. The molecule has 0 aliphatic heterocycles. The first kappa shape index (κ1) is 9.96. The Balaban J connectivity index is 0.000000183. The third-order valence-electron chi connectivity index (χ3n) is 0.722. The zero-order chi connectivity index (χ0) is 8.53. The van der Waals surface area contributed by atoms with Gasteiger partial charge in [-0.25, -0.2) is 4.98 Å². The van der Waals surface area contributed by atoms with Gasteiger partial charge >= 0.3 is 5.97 Å². The van der Waals surface area contributed by atoms with Gasteiger partial charge in [0.15, 0.2) is 0 Å². The van der Waals surface area contributed by atoms with E-state index in [0.717, 1.165) is 0 Å². The van der Waals surface area contributed by atoms with Crippen molar-refractivity contribution in [1.29, 1.82) is 0 Å². The van der Waals surface area contributed by atoms with E-state index in [0.29, 0.717) is 6.42 Å². The third kappa shape index (κ3) is 6.85. The fourth-order valence-electron chi connectivity index (χ4n) is 0.231. The van der Waals surface area contributed by atoms with Gasteiger partial charge in [0, 0.05) is 19.3 Å². The van der Waals surface area contributed by atoms with E-state index >= 15 is 0 Å². The second-order valence-electron chi connectivity index (χ2n) is 1.47. The minimum Gasteiger partial charge on any atom is -0.395 e. The molecule has 0 atom stereocenters. The largest absolute Gasteiger partial charge is 0.395 e. The van der Waals surface area contributed by atoms with Crippen LogP contribution in [0.5, 0.6) is 0 Å². The summed E-state index contributed by atoms with van der Waals surface area (Å²) in [5.41, 5.74) is 0. The van der Waals surface area contributed by atoms with Gasteiger partial charge in [0.2, 0.25) is 0 Å². The number of hydrogen-bond donors (Lipinski definition) is 2. The van der Waals surface area contributed by atoms with Crippen LogP contribution in [0.25, 0.3) is 0 Å². The quantitative estimate of drug-likeness (QED) is 0.484. The van der Waals surface area contributed by atoms with Gasteiger partial charge in [0.1, 0.15) is 12.7 Å². The molecule has 0 aromatic carbocycles. The van der Waals surface area contributed by atoms with Crippen molar-refractivity contribution in [2.45, 2.75) is 13.3 Å². The second-order valence-corrected chi connectivity index (χ2v) is 1.65. The first-order chi connectivity index (χ1) is 5.31. The lowest BCUT2D eigenvalue weighted by atomic mass is 10.5. The van der Waals surface area contributed by atoms with Crippen LogP contribution in [-0.2, 0) is 8.98 Å².